The Morgan fingerprint density at radius 1 is 1.00 bits per heavy atom. The molecule has 0 aliphatic rings. The lowest BCUT2D eigenvalue weighted by Crippen LogP contribution is -2.22. The van der Waals surface area contributed by atoms with Gasteiger partial charge in [0.15, 0.2) is 10.9 Å². The highest BCUT2D eigenvalue weighted by atomic mass is 32.2. The number of sulfonamides is 1. The second-order valence-corrected chi connectivity index (χ2v) is 9.57. The Morgan fingerprint density at radius 2 is 1.63 bits per heavy atom. The summed E-state index contributed by atoms with van der Waals surface area (Å²) in [5.74, 6) is 0.753. The normalized spacial score (nSPS) is 11.7. The summed E-state index contributed by atoms with van der Waals surface area (Å²) in [7, 11) is -0.660. The number of thiazole rings is 1. The van der Waals surface area contributed by atoms with Gasteiger partial charge in [-0.1, -0.05) is 11.3 Å². The van der Waals surface area contributed by atoms with Crippen LogP contribution in [-0.2, 0) is 10.0 Å². The van der Waals surface area contributed by atoms with Crippen LogP contribution in [0.4, 0.5) is 5.13 Å². The van der Waals surface area contributed by atoms with Gasteiger partial charge in [0.2, 0.25) is 10.0 Å². The van der Waals surface area contributed by atoms with E-state index in [1.165, 1.54) is 49.7 Å². The van der Waals surface area contributed by atoms with Crippen molar-refractivity contribution >= 4 is 32.4 Å². The minimum atomic E-state index is -3.56. The van der Waals surface area contributed by atoms with Gasteiger partial charge >= 0.3 is 0 Å². The highest BCUT2D eigenvalue weighted by molar-refractivity contribution is 7.89. The zero-order chi connectivity index (χ0) is 21.3. The summed E-state index contributed by atoms with van der Waals surface area (Å²) in [4.78, 5) is 18.0. The molecular formula is C20H17N3O5S2. The van der Waals surface area contributed by atoms with E-state index in [1.54, 1.807) is 36.8 Å². The quantitative estimate of drug-likeness (QED) is 0.480. The number of aromatic nitrogens is 1. The summed E-state index contributed by atoms with van der Waals surface area (Å²) >= 11 is 1.25. The van der Waals surface area contributed by atoms with Gasteiger partial charge in [0.05, 0.1) is 17.4 Å². The van der Waals surface area contributed by atoms with Crippen molar-refractivity contribution in [1.29, 1.82) is 0 Å². The van der Waals surface area contributed by atoms with Gasteiger partial charge in [0.1, 0.15) is 16.3 Å². The van der Waals surface area contributed by atoms with E-state index in [4.69, 9.17) is 8.83 Å². The third kappa shape index (κ3) is 3.80. The van der Waals surface area contributed by atoms with Crippen LogP contribution in [0.1, 0.15) is 10.4 Å². The molecule has 4 rings (SSSR count). The zero-order valence-electron chi connectivity index (χ0n) is 16.0. The van der Waals surface area contributed by atoms with Crippen molar-refractivity contribution in [2.75, 3.05) is 19.4 Å². The maximum atomic E-state index is 12.7. The van der Waals surface area contributed by atoms with E-state index in [9.17, 15) is 13.2 Å². The molecule has 30 heavy (non-hydrogen) atoms. The largest absolute Gasteiger partial charge is 0.463 e. The fourth-order valence-corrected chi connectivity index (χ4v) is 4.52. The van der Waals surface area contributed by atoms with Crippen molar-refractivity contribution in [3.63, 3.8) is 0 Å². The Labute approximate surface area is 176 Å². The van der Waals surface area contributed by atoms with Crippen LogP contribution < -0.4 is 5.32 Å². The van der Waals surface area contributed by atoms with Crippen molar-refractivity contribution in [3.8, 4) is 22.1 Å². The lowest BCUT2D eigenvalue weighted by Gasteiger charge is -2.11. The molecule has 0 aliphatic carbocycles. The number of rotatable bonds is 6. The summed E-state index contributed by atoms with van der Waals surface area (Å²) in [6.07, 6.45) is 3.10. The van der Waals surface area contributed by atoms with E-state index in [-0.39, 0.29) is 4.90 Å². The summed E-state index contributed by atoms with van der Waals surface area (Å²) in [5.41, 5.74) is 0.865. The van der Waals surface area contributed by atoms with Crippen molar-refractivity contribution in [2.45, 2.75) is 4.90 Å². The predicted octanol–water partition coefficient (Wildman–Crippen LogP) is 4.17. The minimum absolute atomic E-state index is 0.110. The average Bonchev–Trinajstić information content (AvgIpc) is 3.48. The number of nitrogens with one attached hydrogen (secondary N) is 1. The summed E-state index contributed by atoms with van der Waals surface area (Å²) in [5, 5.41) is 3.11. The van der Waals surface area contributed by atoms with Crippen molar-refractivity contribution < 1.29 is 22.0 Å². The van der Waals surface area contributed by atoms with Crippen LogP contribution in [0.5, 0.6) is 0 Å². The topological polar surface area (TPSA) is 106 Å². The molecule has 0 atom stereocenters. The van der Waals surface area contributed by atoms with Crippen LogP contribution in [0, 0.1) is 0 Å². The van der Waals surface area contributed by atoms with Crippen molar-refractivity contribution in [3.05, 3.63) is 66.6 Å². The molecule has 1 N–H and O–H groups in total. The lowest BCUT2D eigenvalue weighted by molar-refractivity contribution is 0.102. The second kappa shape index (κ2) is 7.90. The van der Waals surface area contributed by atoms with Gasteiger partial charge < -0.3 is 8.83 Å². The highest BCUT2D eigenvalue weighted by Gasteiger charge is 2.21. The minimum Gasteiger partial charge on any atom is -0.463 e. The molecule has 3 aromatic heterocycles. The maximum Gasteiger partial charge on any atom is 0.257 e. The number of hydrogen-bond donors (Lipinski definition) is 1. The van der Waals surface area contributed by atoms with Crippen LogP contribution in [0.3, 0.4) is 0 Å². The van der Waals surface area contributed by atoms with E-state index in [0.29, 0.717) is 27.9 Å². The Kier molecular flexibility index (Phi) is 5.29. The fourth-order valence-electron chi connectivity index (χ4n) is 2.69. The number of nitrogens with zero attached hydrogens (tertiary/aromatic N) is 2. The van der Waals surface area contributed by atoms with Crippen LogP contribution in [0.15, 0.2) is 74.8 Å². The molecular weight excluding hydrogens is 426 g/mol. The zero-order valence-corrected chi connectivity index (χ0v) is 17.7. The number of anilines is 1. The van der Waals surface area contributed by atoms with E-state index >= 15 is 0 Å². The molecule has 10 heteroatoms. The Hall–Kier alpha value is -3.21. The third-order valence-electron chi connectivity index (χ3n) is 4.24. The first-order chi connectivity index (χ1) is 14.4. The molecule has 3 heterocycles. The van der Waals surface area contributed by atoms with Gasteiger partial charge in [-0.3, -0.25) is 10.1 Å². The number of amides is 1. The molecule has 0 unspecified atom stereocenters. The third-order valence-corrected chi connectivity index (χ3v) is 7.06. The predicted molar refractivity (Wildman–Crippen MR) is 113 cm³/mol. The molecule has 8 nitrogen and oxygen atoms in total. The maximum absolute atomic E-state index is 12.7. The van der Waals surface area contributed by atoms with Gasteiger partial charge in [-0.05, 0) is 48.5 Å². The van der Waals surface area contributed by atoms with E-state index < -0.39 is 15.9 Å². The van der Waals surface area contributed by atoms with E-state index in [2.05, 4.69) is 10.3 Å². The monoisotopic (exact) mass is 443 g/mol. The van der Waals surface area contributed by atoms with Gasteiger partial charge in [-0.25, -0.2) is 17.7 Å². The van der Waals surface area contributed by atoms with E-state index in [0.717, 1.165) is 9.18 Å². The van der Waals surface area contributed by atoms with Gasteiger partial charge in [-0.2, -0.15) is 0 Å². The second-order valence-electron chi connectivity index (χ2n) is 6.42. The average molecular weight is 444 g/mol. The number of carbonyl (C=O) groups excluding carboxylic acids is 1. The SMILES string of the molecule is CN(C)S(=O)(=O)c1ccc(C(=O)Nc2nc(-c3ccco3)c(-c3ccco3)s2)cc1. The van der Waals surface area contributed by atoms with Crippen molar-refractivity contribution in [1.82, 2.24) is 9.29 Å². The molecule has 0 spiro atoms. The summed E-state index contributed by atoms with van der Waals surface area (Å²) in [6.45, 7) is 0. The van der Waals surface area contributed by atoms with Crippen LogP contribution >= 0.6 is 11.3 Å². The molecule has 0 fully saturated rings. The first-order valence-corrected chi connectivity index (χ1v) is 11.0. The standard InChI is InChI=1S/C20H17N3O5S2/c1-23(2)30(25,26)14-9-7-13(8-10-14)19(24)22-20-21-17(15-5-3-11-27-15)18(29-20)16-6-4-12-28-16/h3-12H,1-2H3,(H,21,22,24). The number of hydrogen-bond acceptors (Lipinski definition) is 7. The van der Waals surface area contributed by atoms with Gasteiger partial charge in [-0.15, -0.1) is 0 Å². The van der Waals surface area contributed by atoms with Crippen LogP contribution in [0.2, 0.25) is 0 Å². The fraction of sp³-hybridized carbons (Fsp3) is 0.100. The van der Waals surface area contributed by atoms with Crippen LogP contribution in [0.25, 0.3) is 22.1 Å². The molecule has 1 aromatic carbocycles. The number of carbonyl (C=O) groups is 1. The molecule has 154 valence electrons. The first kappa shape index (κ1) is 20.1. The molecule has 0 bridgehead atoms. The van der Waals surface area contributed by atoms with Gasteiger partial charge in [0, 0.05) is 19.7 Å². The summed E-state index contributed by atoms with van der Waals surface area (Å²) in [6, 6.07) is 12.8. The molecule has 0 saturated carbocycles. The molecule has 0 saturated heterocycles. The number of furan rings is 2. The number of benzene rings is 1. The lowest BCUT2D eigenvalue weighted by atomic mass is 10.2. The Bertz CT molecular complexity index is 1200. The highest BCUT2D eigenvalue weighted by Crippen LogP contribution is 2.39. The Morgan fingerprint density at radius 3 is 2.20 bits per heavy atom. The molecule has 0 radical (unpaired) electrons. The Balaban J connectivity index is 1.60. The van der Waals surface area contributed by atoms with Gasteiger partial charge in [0.25, 0.3) is 5.91 Å². The van der Waals surface area contributed by atoms with E-state index in [1.807, 2.05) is 0 Å². The molecule has 4 aromatic rings. The first-order valence-electron chi connectivity index (χ1n) is 8.79. The summed E-state index contributed by atoms with van der Waals surface area (Å²) < 4.78 is 36.4. The molecule has 1 amide bonds. The molecule has 0 aliphatic heterocycles. The smallest absolute Gasteiger partial charge is 0.257 e. The van der Waals surface area contributed by atoms with Crippen LogP contribution in [-0.4, -0.2) is 37.7 Å². The van der Waals surface area contributed by atoms with Crippen molar-refractivity contribution in [2.24, 2.45) is 0 Å².